The minimum absolute atomic E-state index is 0.0373. The van der Waals surface area contributed by atoms with Gasteiger partial charge in [-0.05, 0) is 48.2 Å². The number of rotatable bonds is 5. The molecule has 7 heteroatoms. The van der Waals surface area contributed by atoms with Crippen molar-refractivity contribution < 1.29 is 9.53 Å². The first kappa shape index (κ1) is 19.5. The lowest BCUT2D eigenvalue weighted by atomic mass is 9.91. The predicted octanol–water partition coefficient (Wildman–Crippen LogP) is 4.81. The van der Waals surface area contributed by atoms with Crippen molar-refractivity contribution >= 4 is 23.5 Å². The van der Waals surface area contributed by atoms with Gasteiger partial charge in [-0.15, -0.1) is 0 Å². The third kappa shape index (κ3) is 3.72. The molecule has 0 unspecified atom stereocenters. The van der Waals surface area contributed by atoms with E-state index in [0.717, 1.165) is 23.3 Å². The molecule has 2 atom stereocenters. The van der Waals surface area contributed by atoms with Gasteiger partial charge in [-0.1, -0.05) is 42.8 Å². The van der Waals surface area contributed by atoms with Gasteiger partial charge in [0.2, 0.25) is 11.9 Å². The molecule has 0 spiro atoms. The van der Waals surface area contributed by atoms with Crippen molar-refractivity contribution in [2.75, 3.05) is 12.0 Å². The van der Waals surface area contributed by atoms with Crippen molar-refractivity contribution in [3.05, 3.63) is 71.0 Å². The minimum atomic E-state index is -0.143. The number of methoxy groups -OCH3 is 1. The summed E-state index contributed by atoms with van der Waals surface area (Å²) in [6.07, 6.45) is 3.45. The van der Waals surface area contributed by atoms with Gasteiger partial charge < -0.3 is 4.74 Å². The third-order valence-corrected chi connectivity index (χ3v) is 5.56. The summed E-state index contributed by atoms with van der Waals surface area (Å²) in [5, 5.41) is 5.12. The molecule has 3 aromatic rings. The van der Waals surface area contributed by atoms with Crippen LogP contribution >= 0.6 is 11.6 Å². The molecule has 1 aromatic heterocycles. The topological polar surface area (TPSA) is 60.2 Å². The molecule has 1 aliphatic heterocycles. The molecule has 0 bridgehead atoms. The second-order valence-electron chi connectivity index (χ2n) is 7.11. The summed E-state index contributed by atoms with van der Waals surface area (Å²) in [5.74, 6) is 1.43. The molecule has 0 N–H and O–H groups in total. The molecule has 1 amide bonds. The molecular formula is C22H23ClN4O2. The van der Waals surface area contributed by atoms with Crippen LogP contribution in [0.2, 0.25) is 5.02 Å². The summed E-state index contributed by atoms with van der Waals surface area (Å²) in [5.41, 5.74) is 2.13. The number of hydrogen-bond acceptors (Lipinski definition) is 4. The maximum atomic E-state index is 13.0. The van der Waals surface area contributed by atoms with E-state index >= 15 is 0 Å². The van der Waals surface area contributed by atoms with Crippen LogP contribution in [0.25, 0.3) is 0 Å². The van der Waals surface area contributed by atoms with E-state index in [1.165, 1.54) is 6.33 Å². The normalized spacial score (nSPS) is 18.4. The van der Waals surface area contributed by atoms with Gasteiger partial charge >= 0.3 is 0 Å². The zero-order valence-corrected chi connectivity index (χ0v) is 17.2. The van der Waals surface area contributed by atoms with Crippen molar-refractivity contribution in [2.45, 2.75) is 38.3 Å². The maximum absolute atomic E-state index is 13.0. The SMILES string of the molecule is CCCC(=O)N1c2ncnn2[C@H](c2ccc(OC)cc2)C[C@H]1c1ccc(Cl)cc1. The zero-order chi connectivity index (χ0) is 20.4. The molecule has 1 aliphatic rings. The van der Waals surface area contributed by atoms with Gasteiger partial charge in [-0.25, -0.2) is 4.68 Å². The quantitative estimate of drug-likeness (QED) is 0.605. The number of hydrogen-bond donors (Lipinski definition) is 0. The first-order chi connectivity index (χ1) is 14.1. The molecule has 0 saturated carbocycles. The Labute approximate surface area is 175 Å². The Morgan fingerprint density at radius 1 is 1.10 bits per heavy atom. The molecule has 2 aromatic carbocycles. The molecule has 4 rings (SSSR count). The summed E-state index contributed by atoms with van der Waals surface area (Å²) in [4.78, 5) is 19.3. The Kier molecular flexibility index (Phi) is 5.53. The Bertz CT molecular complexity index is 985. The van der Waals surface area contributed by atoms with Crippen molar-refractivity contribution in [3.8, 4) is 5.75 Å². The van der Waals surface area contributed by atoms with Crippen molar-refractivity contribution in [2.24, 2.45) is 0 Å². The van der Waals surface area contributed by atoms with E-state index in [-0.39, 0.29) is 18.0 Å². The highest BCUT2D eigenvalue weighted by molar-refractivity contribution is 6.30. The van der Waals surface area contributed by atoms with Gasteiger partial charge in [0.25, 0.3) is 0 Å². The number of carbonyl (C=O) groups is 1. The number of anilines is 1. The van der Waals surface area contributed by atoms with Crippen molar-refractivity contribution in [1.82, 2.24) is 14.8 Å². The lowest BCUT2D eigenvalue weighted by Crippen LogP contribution is -2.42. The van der Waals surface area contributed by atoms with E-state index in [4.69, 9.17) is 16.3 Å². The lowest BCUT2D eigenvalue weighted by molar-refractivity contribution is -0.119. The molecule has 29 heavy (non-hydrogen) atoms. The van der Waals surface area contributed by atoms with Gasteiger partial charge in [-0.2, -0.15) is 10.1 Å². The molecule has 2 heterocycles. The fraction of sp³-hybridized carbons (Fsp3) is 0.318. The third-order valence-electron chi connectivity index (χ3n) is 5.31. The second kappa shape index (κ2) is 8.25. The van der Waals surface area contributed by atoms with E-state index in [0.29, 0.717) is 23.8 Å². The van der Waals surface area contributed by atoms with Gasteiger partial charge in [0.15, 0.2) is 0 Å². The summed E-state index contributed by atoms with van der Waals surface area (Å²) in [6, 6.07) is 15.5. The van der Waals surface area contributed by atoms with Crippen LogP contribution in [0.15, 0.2) is 54.9 Å². The van der Waals surface area contributed by atoms with Gasteiger partial charge in [0, 0.05) is 11.4 Å². The maximum Gasteiger partial charge on any atom is 0.231 e. The van der Waals surface area contributed by atoms with Crippen LogP contribution < -0.4 is 9.64 Å². The number of halogens is 1. The number of amides is 1. The largest absolute Gasteiger partial charge is 0.497 e. The number of aromatic nitrogens is 3. The fourth-order valence-electron chi connectivity index (χ4n) is 3.89. The number of fused-ring (bicyclic) bond motifs is 1. The number of carbonyl (C=O) groups excluding carboxylic acids is 1. The molecule has 150 valence electrons. The average Bonchev–Trinajstić information content (AvgIpc) is 3.23. The highest BCUT2D eigenvalue weighted by atomic mass is 35.5. The summed E-state index contributed by atoms with van der Waals surface area (Å²) < 4.78 is 7.14. The monoisotopic (exact) mass is 410 g/mol. The molecule has 0 aliphatic carbocycles. The summed E-state index contributed by atoms with van der Waals surface area (Å²) in [6.45, 7) is 2.00. The van der Waals surface area contributed by atoms with E-state index in [1.54, 1.807) is 12.0 Å². The highest BCUT2D eigenvalue weighted by Crippen LogP contribution is 2.42. The van der Waals surface area contributed by atoms with E-state index < -0.39 is 0 Å². The van der Waals surface area contributed by atoms with Crippen LogP contribution in [-0.4, -0.2) is 27.8 Å². The van der Waals surface area contributed by atoms with Gasteiger partial charge in [-0.3, -0.25) is 9.69 Å². The Morgan fingerprint density at radius 3 is 2.41 bits per heavy atom. The first-order valence-electron chi connectivity index (χ1n) is 9.73. The van der Waals surface area contributed by atoms with Crippen LogP contribution in [0.5, 0.6) is 5.75 Å². The molecular weight excluding hydrogens is 388 g/mol. The smallest absolute Gasteiger partial charge is 0.231 e. The zero-order valence-electron chi connectivity index (χ0n) is 16.5. The van der Waals surface area contributed by atoms with Gasteiger partial charge in [0.1, 0.15) is 12.1 Å². The number of nitrogens with zero attached hydrogens (tertiary/aromatic N) is 4. The highest BCUT2D eigenvalue weighted by Gasteiger charge is 2.38. The van der Waals surface area contributed by atoms with E-state index in [2.05, 4.69) is 10.1 Å². The van der Waals surface area contributed by atoms with Gasteiger partial charge in [0.05, 0.1) is 19.2 Å². The van der Waals surface area contributed by atoms with Crippen molar-refractivity contribution in [1.29, 1.82) is 0 Å². The van der Waals surface area contributed by atoms with Crippen molar-refractivity contribution in [3.63, 3.8) is 0 Å². The van der Waals surface area contributed by atoms with Crippen LogP contribution in [0, 0.1) is 0 Å². The van der Waals surface area contributed by atoms with E-state index in [1.807, 2.05) is 60.1 Å². The standard InChI is InChI=1S/C22H23ClN4O2/c1-3-4-21(28)26-19(15-5-9-17(23)10-6-15)13-20(27-22(26)24-14-25-27)16-7-11-18(29-2)12-8-16/h5-12,14,19-20H,3-4,13H2,1-2H3/t19-,20-/m0/s1. The molecule has 0 saturated heterocycles. The second-order valence-corrected chi connectivity index (χ2v) is 7.55. The Morgan fingerprint density at radius 2 is 1.76 bits per heavy atom. The predicted molar refractivity (Wildman–Crippen MR) is 112 cm³/mol. The molecule has 0 fully saturated rings. The number of benzene rings is 2. The summed E-state index contributed by atoms with van der Waals surface area (Å²) >= 11 is 6.10. The Balaban J connectivity index is 1.79. The lowest BCUT2D eigenvalue weighted by Gasteiger charge is -2.39. The summed E-state index contributed by atoms with van der Waals surface area (Å²) in [7, 11) is 1.65. The molecule has 0 radical (unpaired) electrons. The average molecular weight is 411 g/mol. The Hall–Kier alpha value is -2.86. The molecule has 6 nitrogen and oxygen atoms in total. The minimum Gasteiger partial charge on any atom is -0.497 e. The number of ether oxygens (including phenoxy) is 1. The van der Waals surface area contributed by atoms with E-state index in [9.17, 15) is 4.79 Å². The first-order valence-corrected chi connectivity index (χ1v) is 10.1. The van der Waals surface area contributed by atoms with Crippen LogP contribution in [-0.2, 0) is 4.79 Å². The van der Waals surface area contributed by atoms with Crippen LogP contribution in [0.4, 0.5) is 5.95 Å². The van der Waals surface area contributed by atoms with Crippen LogP contribution in [0.3, 0.4) is 0 Å². The fourth-order valence-corrected chi connectivity index (χ4v) is 4.01. The van der Waals surface area contributed by atoms with Crippen LogP contribution in [0.1, 0.15) is 49.4 Å².